The van der Waals surface area contributed by atoms with Gasteiger partial charge < -0.3 is 5.32 Å². The van der Waals surface area contributed by atoms with Crippen LogP contribution < -0.4 is 5.32 Å². The van der Waals surface area contributed by atoms with Gasteiger partial charge in [0.2, 0.25) is 5.95 Å². The molecule has 2 rings (SSSR count). The molecule has 0 saturated carbocycles. The molecule has 72 valence electrons. The van der Waals surface area contributed by atoms with E-state index in [1.165, 1.54) is 6.07 Å². The highest BCUT2D eigenvalue weighted by molar-refractivity contribution is 5.59. The molecule has 0 amide bonds. The van der Waals surface area contributed by atoms with Crippen LogP contribution in [0.2, 0.25) is 0 Å². The van der Waals surface area contributed by atoms with Crippen molar-refractivity contribution < 1.29 is 4.39 Å². The van der Waals surface area contributed by atoms with Gasteiger partial charge in [-0.1, -0.05) is 0 Å². The number of anilines is 1. The van der Waals surface area contributed by atoms with Gasteiger partial charge >= 0.3 is 0 Å². The Kier molecular flexibility index (Phi) is 2.14. The minimum absolute atomic E-state index is 0.461. The van der Waals surface area contributed by atoms with Crippen molar-refractivity contribution in [1.29, 1.82) is 0 Å². The topological polar surface area (TPSA) is 53.6 Å². The highest BCUT2D eigenvalue weighted by Gasteiger charge is 2.04. The predicted molar refractivity (Wildman–Crippen MR) is 51.3 cm³/mol. The maximum atomic E-state index is 12.6. The molecular formula is C9H9FN4. The molecule has 2 N–H and O–H groups in total. The van der Waals surface area contributed by atoms with Crippen molar-refractivity contribution in [3.8, 4) is 11.4 Å². The molecule has 2 heterocycles. The molecule has 0 radical (unpaired) electrons. The van der Waals surface area contributed by atoms with Crippen LogP contribution in [0.15, 0.2) is 24.4 Å². The summed E-state index contributed by atoms with van der Waals surface area (Å²) in [5.41, 5.74) is 2.05. The molecule has 0 bridgehead atoms. The normalized spacial score (nSPS) is 10.1. The van der Waals surface area contributed by atoms with Crippen LogP contribution in [-0.2, 0) is 0 Å². The summed E-state index contributed by atoms with van der Waals surface area (Å²) < 4.78 is 12.6. The summed E-state index contributed by atoms with van der Waals surface area (Å²) in [6.45, 7) is 0. The van der Waals surface area contributed by atoms with Crippen LogP contribution in [0.3, 0.4) is 0 Å². The molecule has 0 fully saturated rings. The number of pyridine rings is 1. The Balaban J connectivity index is 2.41. The fraction of sp³-hybridized carbons (Fsp3) is 0.111. The summed E-state index contributed by atoms with van der Waals surface area (Å²) in [5.74, 6) is -0.461. The minimum atomic E-state index is -0.461. The highest BCUT2D eigenvalue weighted by Crippen LogP contribution is 2.17. The first-order valence-corrected chi connectivity index (χ1v) is 4.14. The third-order valence-electron chi connectivity index (χ3n) is 1.86. The largest absolute Gasteiger partial charge is 0.388 e. The van der Waals surface area contributed by atoms with Gasteiger partial charge in [-0.05, 0) is 12.1 Å². The van der Waals surface area contributed by atoms with Gasteiger partial charge in [0, 0.05) is 25.0 Å². The number of H-pyrrole nitrogens is 1. The van der Waals surface area contributed by atoms with Crippen LogP contribution in [0.1, 0.15) is 0 Å². The zero-order valence-corrected chi connectivity index (χ0v) is 7.58. The fourth-order valence-electron chi connectivity index (χ4n) is 1.16. The molecule has 0 aliphatic rings. The van der Waals surface area contributed by atoms with Crippen LogP contribution in [-0.4, -0.2) is 22.2 Å². The van der Waals surface area contributed by atoms with E-state index in [0.717, 1.165) is 5.69 Å². The van der Waals surface area contributed by atoms with Gasteiger partial charge in [0.15, 0.2) is 0 Å². The minimum Gasteiger partial charge on any atom is -0.388 e. The second-order valence-corrected chi connectivity index (χ2v) is 2.78. The van der Waals surface area contributed by atoms with E-state index in [9.17, 15) is 4.39 Å². The molecular weight excluding hydrogens is 183 g/mol. The summed E-state index contributed by atoms with van der Waals surface area (Å²) in [6, 6.07) is 4.93. The van der Waals surface area contributed by atoms with Crippen molar-refractivity contribution in [1.82, 2.24) is 15.2 Å². The van der Waals surface area contributed by atoms with Gasteiger partial charge in [-0.15, -0.1) is 0 Å². The SMILES string of the molecule is CNc1ccnc(-c2cc(F)[nH]n2)c1. The first-order valence-electron chi connectivity index (χ1n) is 4.14. The number of hydrogen-bond acceptors (Lipinski definition) is 3. The Morgan fingerprint density at radius 3 is 2.86 bits per heavy atom. The third-order valence-corrected chi connectivity index (χ3v) is 1.86. The van der Waals surface area contributed by atoms with Gasteiger partial charge in [-0.25, -0.2) is 0 Å². The molecule has 0 saturated heterocycles. The van der Waals surface area contributed by atoms with Crippen molar-refractivity contribution in [3.05, 3.63) is 30.3 Å². The molecule has 0 atom stereocenters. The van der Waals surface area contributed by atoms with Crippen molar-refractivity contribution in [2.45, 2.75) is 0 Å². The first kappa shape index (κ1) is 8.68. The fourth-order valence-corrected chi connectivity index (χ4v) is 1.16. The summed E-state index contributed by atoms with van der Waals surface area (Å²) in [4.78, 5) is 4.08. The van der Waals surface area contributed by atoms with E-state index in [1.54, 1.807) is 12.3 Å². The maximum absolute atomic E-state index is 12.6. The second-order valence-electron chi connectivity index (χ2n) is 2.78. The van der Waals surface area contributed by atoms with E-state index < -0.39 is 5.95 Å². The number of nitrogens with one attached hydrogen (secondary N) is 2. The second kappa shape index (κ2) is 3.45. The quantitative estimate of drug-likeness (QED) is 0.760. The van der Waals surface area contributed by atoms with Crippen LogP contribution in [0, 0.1) is 5.95 Å². The molecule has 0 unspecified atom stereocenters. The van der Waals surface area contributed by atoms with E-state index in [0.29, 0.717) is 11.4 Å². The number of rotatable bonds is 2. The summed E-state index contributed by atoms with van der Waals surface area (Å²) in [5, 5.41) is 8.97. The average molecular weight is 192 g/mol. The Morgan fingerprint density at radius 1 is 1.36 bits per heavy atom. The number of aromatic amines is 1. The smallest absolute Gasteiger partial charge is 0.209 e. The highest BCUT2D eigenvalue weighted by atomic mass is 19.1. The lowest BCUT2D eigenvalue weighted by Crippen LogP contribution is -1.90. The van der Waals surface area contributed by atoms with E-state index in [2.05, 4.69) is 20.5 Å². The van der Waals surface area contributed by atoms with Crippen molar-refractivity contribution in [2.24, 2.45) is 0 Å². The third kappa shape index (κ3) is 1.56. The lowest BCUT2D eigenvalue weighted by molar-refractivity contribution is 0.579. The van der Waals surface area contributed by atoms with Gasteiger partial charge in [0.25, 0.3) is 0 Å². The Bertz CT molecular complexity index is 438. The van der Waals surface area contributed by atoms with Crippen LogP contribution in [0.4, 0.5) is 10.1 Å². The van der Waals surface area contributed by atoms with Crippen LogP contribution in [0.25, 0.3) is 11.4 Å². The Labute approximate surface area is 80.2 Å². The number of halogens is 1. The number of nitrogens with zero attached hydrogens (tertiary/aromatic N) is 2. The van der Waals surface area contributed by atoms with E-state index in [1.807, 2.05) is 13.1 Å². The summed E-state index contributed by atoms with van der Waals surface area (Å²) in [6.07, 6.45) is 1.65. The lowest BCUT2D eigenvalue weighted by atomic mass is 10.2. The lowest BCUT2D eigenvalue weighted by Gasteiger charge is -2.00. The monoisotopic (exact) mass is 192 g/mol. The zero-order chi connectivity index (χ0) is 9.97. The maximum Gasteiger partial charge on any atom is 0.209 e. The van der Waals surface area contributed by atoms with Crippen molar-refractivity contribution >= 4 is 5.69 Å². The van der Waals surface area contributed by atoms with Gasteiger partial charge in [-0.3, -0.25) is 10.1 Å². The molecule has 0 spiro atoms. The zero-order valence-electron chi connectivity index (χ0n) is 7.58. The van der Waals surface area contributed by atoms with Crippen molar-refractivity contribution in [3.63, 3.8) is 0 Å². The molecule has 0 aromatic carbocycles. The Hall–Kier alpha value is -1.91. The average Bonchev–Trinajstić information content (AvgIpc) is 2.65. The van der Waals surface area contributed by atoms with Crippen LogP contribution >= 0.6 is 0 Å². The van der Waals surface area contributed by atoms with E-state index >= 15 is 0 Å². The molecule has 2 aromatic rings. The number of aromatic nitrogens is 3. The summed E-state index contributed by atoms with van der Waals surface area (Å²) >= 11 is 0. The van der Waals surface area contributed by atoms with Crippen LogP contribution in [0.5, 0.6) is 0 Å². The number of hydrogen-bond donors (Lipinski definition) is 2. The Morgan fingerprint density at radius 2 is 2.21 bits per heavy atom. The molecule has 0 aliphatic heterocycles. The standard InChI is InChI=1S/C9H9FN4/c1-11-6-2-3-12-7(4-6)8-5-9(10)14-13-8/h2-5H,1H3,(H,11,12)(H,13,14). The van der Waals surface area contributed by atoms with Gasteiger partial charge in [-0.2, -0.15) is 9.49 Å². The molecule has 2 aromatic heterocycles. The van der Waals surface area contributed by atoms with E-state index in [4.69, 9.17) is 0 Å². The molecule has 0 aliphatic carbocycles. The molecule has 14 heavy (non-hydrogen) atoms. The first-order chi connectivity index (χ1) is 6.79. The van der Waals surface area contributed by atoms with Gasteiger partial charge in [0.05, 0.1) is 5.69 Å². The predicted octanol–water partition coefficient (Wildman–Crippen LogP) is 1.65. The van der Waals surface area contributed by atoms with Crippen molar-refractivity contribution in [2.75, 3.05) is 12.4 Å². The summed E-state index contributed by atoms with van der Waals surface area (Å²) in [7, 11) is 1.81. The van der Waals surface area contributed by atoms with E-state index in [-0.39, 0.29) is 0 Å². The van der Waals surface area contributed by atoms with Gasteiger partial charge in [0.1, 0.15) is 5.69 Å². The molecule has 5 heteroatoms. The molecule has 4 nitrogen and oxygen atoms in total.